The topological polar surface area (TPSA) is 58.4 Å². The zero-order valence-corrected chi connectivity index (χ0v) is 12.7. The van der Waals surface area contributed by atoms with Crippen LogP contribution < -0.4 is 11.1 Å². The standard InChI is InChI=1S/C15H31N3O/c1-13(8-9-16)6-7-15(19)17-12-14(2)18-10-4-3-5-11-18/h13-14H,3-12,16H2,1-2H3,(H,17,19). The van der Waals surface area contributed by atoms with Gasteiger partial charge in [-0.15, -0.1) is 0 Å². The van der Waals surface area contributed by atoms with E-state index in [1.165, 1.54) is 32.4 Å². The van der Waals surface area contributed by atoms with Gasteiger partial charge in [0.15, 0.2) is 0 Å². The lowest BCUT2D eigenvalue weighted by atomic mass is 10.0. The molecular formula is C15H31N3O. The summed E-state index contributed by atoms with van der Waals surface area (Å²) in [5, 5.41) is 3.07. The normalized spacial score (nSPS) is 19.9. The van der Waals surface area contributed by atoms with E-state index >= 15 is 0 Å². The van der Waals surface area contributed by atoms with Crippen LogP contribution in [0.15, 0.2) is 0 Å². The second-order valence-electron chi connectivity index (χ2n) is 5.97. The predicted molar refractivity (Wildman–Crippen MR) is 80.0 cm³/mol. The average Bonchev–Trinajstić information content (AvgIpc) is 2.44. The van der Waals surface area contributed by atoms with Crippen LogP contribution in [-0.4, -0.2) is 43.0 Å². The number of nitrogens with two attached hydrogens (primary N) is 1. The summed E-state index contributed by atoms with van der Waals surface area (Å²) < 4.78 is 0. The molecule has 0 aromatic heterocycles. The van der Waals surface area contributed by atoms with E-state index in [9.17, 15) is 4.79 Å². The maximum absolute atomic E-state index is 11.8. The van der Waals surface area contributed by atoms with Crippen LogP contribution in [0.4, 0.5) is 0 Å². The van der Waals surface area contributed by atoms with Crippen LogP contribution in [0.25, 0.3) is 0 Å². The molecule has 0 aromatic carbocycles. The van der Waals surface area contributed by atoms with Gasteiger partial charge < -0.3 is 11.1 Å². The Kier molecular flexibility index (Phi) is 8.07. The van der Waals surface area contributed by atoms with Crippen LogP contribution in [-0.2, 0) is 4.79 Å². The predicted octanol–water partition coefficient (Wildman–Crippen LogP) is 1.74. The number of likely N-dealkylation sites (tertiary alicyclic amines) is 1. The van der Waals surface area contributed by atoms with E-state index in [2.05, 4.69) is 24.1 Å². The van der Waals surface area contributed by atoms with Crippen LogP contribution in [0, 0.1) is 5.92 Å². The summed E-state index contributed by atoms with van der Waals surface area (Å²) in [5.41, 5.74) is 5.51. The molecule has 0 aromatic rings. The number of carbonyl (C=O) groups excluding carboxylic acids is 1. The third kappa shape index (κ3) is 6.92. The Morgan fingerprint density at radius 3 is 2.53 bits per heavy atom. The first-order valence-corrected chi connectivity index (χ1v) is 7.84. The Morgan fingerprint density at radius 2 is 1.89 bits per heavy atom. The van der Waals surface area contributed by atoms with Crippen LogP contribution in [0.3, 0.4) is 0 Å². The summed E-state index contributed by atoms with van der Waals surface area (Å²) in [4.78, 5) is 14.3. The number of nitrogens with zero attached hydrogens (tertiary/aromatic N) is 1. The second-order valence-corrected chi connectivity index (χ2v) is 5.97. The van der Waals surface area contributed by atoms with Gasteiger partial charge in [0.25, 0.3) is 0 Å². The summed E-state index contributed by atoms with van der Waals surface area (Å²) in [6.07, 6.45) is 6.55. The van der Waals surface area contributed by atoms with Gasteiger partial charge in [-0.05, 0) is 58.2 Å². The lowest BCUT2D eigenvalue weighted by Gasteiger charge is -2.32. The number of piperidine rings is 1. The van der Waals surface area contributed by atoms with Crippen molar-refractivity contribution < 1.29 is 4.79 Å². The van der Waals surface area contributed by atoms with Crippen molar-refractivity contribution in [1.29, 1.82) is 0 Å². The van der Waals surface area contributed by atoms with E-state index in [-0.39, 0.29) is 5.91 Å². The minimum absolute atomic E-state index is 0.188. The zero-order valence-electron chi connectivity index (χ0n) is 12.7. The molecule has 0 saturated carbocycles. The molecule has 1 fully saturated rings. The van der Waals surface area contributed by atoms with Gasteiger partial charge in [0.2, 0.25) is 5.91 Å². The molecule has 2 unspecified atom stereocenters. The van der Waals surface area contributed by atoms with Gasteiger partial charge in [0, 0.05) is 19.0 Å². The molecule has 4 heteroatoms. The summed E-state index contributed by atoms with van der Waals surface area (Å²) in [6, 6.07) is 0.464. The highest BCUT2D eigenvalue weighted by atomic mass is 16.1. The minimum Gasteiger partial charge on any atom is -0.355 e. The van der Waals surface area contributed by atoms with Gasteiger partial charge >= 0.3 is 0 Å². The first kappa shape index (κ1) is 16.4. The van der Waals surface area contributed by atoms with Gasteiger partial charge in [-0.3, -0.25) is 9.69 Å². The summed E-state index contributed by atoms with van der Waals surface area (Å²) in [5.74, 6) is 0.739. The molecular weight excluding hydrogens is 238 g/mol. The molecule has 0 bridgehead atoms. The van der Waals surface area contributed by atoms with Crippen LogP contribution in [0.5, 0.6) is 0 Å². The lowest BCUT2D eigenvalue weighted by molar-refractivity contribution is -0.121. The van der Waals surface area contributed by atoms with Gasteiger partial charge in [-0.2, -0.15) is 0 Å². The van der Waals surface area contributed by atoms with Crippen molar-refractivity contribution in [1.82, 2.24) is 10.2 Å². The SMILES string of the molecule is CC(CCN)CCC(=O)NCC(C)N1CCCCC1. The van der Waals surface area contributed by atoms with Crippen molar-refractivity contribution in [2.24, 2.45) is 11.7 Å². The number of nitrogens with one attached hydrogen (secondary N) is 1. The molecule has 19 heavy (non-hydrogen) atoms. The summed E-state index contributed by atoms with van der Waals surface area (Å²) in [6.45, 7) is 8.24. The summed E-state index contributed by atoms with van der Waals surface area (Å²) >= 11 is 0. The monoisotopic (exact) mass is 269 g/mol. The number of amides is 1. The number of hydrogen-bond acceptors (Lipinski definition) is 3. The van der Waals surface area contributed by atoms with E-state index in [0.29, 0.717) is 18.4 Å². The first-order chi connectivity index (χ1) is 9.13. The fourth-order valence-electron chi connectivity index (χ4n) is 2.64. The van der Waals surface area contributed by atoms with E-state index in [1.54, 1.807) is 0 Å². The third-order valence-electron chi connectivity index (χ3n) is 4.13. The van der Waals surface area contributed by atoms with E-state index in [0.717, 1.165) is 25.9 Å². The molecule has 1 rings (SSSR count). The lowest BCUT2D eigenvalue weighted by Crippen LogP contribution is -2.44. The largest absolute Gasteiger partial charge is 0.355 e. The van der Waals surface area contributed by atoms with Crippen molar-refractivity contribution in [2.45, 2.75) is 58.4 Å². The smallest absolute Gasteiger partial charge is 0.220 e. The Morgan fingerprint density at radius 1 is 1.21 bits per heavy atom. The quantitative estimate of drug-likeness (QED) is 0.706. The molecule has 112 valence electrons. The Balaban J connectivity index is 2.11. The first-order valence-electron chi connectivity index (χ1n) is 7.84. The highest BCUT2D eigenvalue weighted by molar-refractivity contribution is 5.75. The van der Waals surface area contributed by atoms with E-state index < -0.39 is 0 Å². The van der Waals surface area contributed by atoms with Gasteiger partial charge in [0.05, 0.1) is 0 Å². The van der Waals surface area contributed by atoms with Gasteiger partial charge in [-0.25, -0.2) is 0 Å². The Labute approximate surface area is 118 Å². The number of rotatable bonds is 8. The van der Waals surface area contributed by atoms with Gasteiger partial charge in [-0.1, -0.05) is 13.3 Å². The highest BCUT2D eigenvalue weighted by Gasteiger charge is 2.17. The molecule has 1 saturated heterocycles. The van der Waals surface area contributed by atoms with Crippen LogP contribution >= 0.6 is 0 Å². The van der Waals surface area contributed by atoms with Gasteiger partial charge in [0.1, 0.15) is 0 Å². The van der Waals surface area contributed by atoms with E-state index in [4.69, 9.17) is 5.73 Å². The minimum atomic E-state index is 0.188. The highest BCUT2D eigenvalue weighted by Crippen LogP contribution is 2.12. The fourth-order valence-corrected chi connectivity index (χ4v) is 2.64. The summed E-state index contributed by atoms with van der Waals surface area (Å²) in [7, 11) is 0. The maximum atomic E-state index is 11.8. The average molecular weight is 269 g/mol. The Hall–Kier alpha value is -0.610. The molecule has 0 spiro atoms. The molecule has 3 N–H and O–H groups in total. The molecule has 1 aliphatic heterocycles. The Bertz CT molecular complexity index is 252. The molecule has 0 aliphatic carbocycles. The van der Waals surface area contributed by atoms with Crippen molar-refractivity contribution in [2.75, 3.05) is 26.2 Å². The van der Waals surface area contributed by atoms with Crippen LogP contribution in [0.2, 0.25) is 0 Å². The molecule has 0 radical (unpaired) electrons. The molecule has 4 nitrogen and oxygen atoms in total. The molecule has 1 aliphatic rings. The maximum Gasteiger partial charge on any atom is 0.220 e. The number of carbonyl (C=O) groups is 1. The second kappa shape index (κ2) is 9.32. The number of hydrogen-bond donors (Lipinski definition) is 2. The van der Waals surface area contributed by atoms with Crippen molar-refractivity contribution in [3.8, 4) is 0 Å². The molecule has 1 heterocycles. The zero-order chi connectivity index (χ0) is 14.1. The van der Waals surface area contributed by atoms with Crippen molar-refractivity contribution in [3.63, 3.8) is 0 Å². The van der Waals surface area contributed by atoms with Crippen LogP contribution in [0.1, 0.15) is 52.4 Å². The van der Waals surface area contributed by atoms with Crippen molar-refractivity contribution >= 4 is 5.91 Å². The third-order valence-corrected chi connectivity index (χ3v) is 4.13. The molecule has 2 atom stereocenters. The fraction of sp³-hybridized carbons (Fsp3) is 0.933. The van der Waals surface area contributed by atoms with E-state index in [1.807, 2.05) is 0 Å². The van der Waals surface area contributed by atoms with Crippen molar-refractivity contribution in [3.05, 3.63) is 0 Å². The molecule has 1 amide bonds.